The molecule has 0 bridgehead atoms. The molecule has 4 aromatic carbocycles. The van der Waals surface area contributed by atoms with Crippen LogP contribution in [0.5, 0.6) is 5.75 Å². The largest absolute Gasteiger partial charge is 0.489 e. The van der Waals surface area contributed by atoms with Crippen LogP contribution in [0.1, 0.15) is 22.3 Å². The number of benzene rings is 4. The third kappa shape index (κ3) is 7.63. The molecular weight excluding hydrogens is 569 g/mol. The first-order valence-corrected chi connectivity index (χ1v) is 14.5. The van der Waals surface area contributed by atoms with Gasteiger partial charge >= 0.3 is 0 Å². The van der Waals surface area contributed by atoms with Crippen molar-refractivity contribution < 1.29 is 17.9 Å². The number of ether oxygens (including phenoxy) is 1. The van der Waals surface area contributed by atoms with E-state index in [0.717, 1.165) is 15.4 Å². The summed E-state index contributed by atoms with van der Waals surface area (Å²) in [6, 6.07) is 25.9. The third-order valence-electron chi connectivity index (χ3n) is 5.91. The van der Waals surface area contributed by atoms with E-state index in [-0.39, 0.29) is 4.90 Å². The average molecular weight is 597 g/mol. The van der Waals surface area contributed by atoms with E-state index in [2.05, 4.69) is 10.5 Å². The fourth-order valence-corrected chi connectivity index (χ4v) is 5.63. The van der Waals surface area contributed by atoms with Crippen molar-refractivity contribution in [2.24, 2.45) is 5.10 Å². The van der Waals surface area contributed by atoms with E-state index in [4.69, 9.17) is 27.9 Å². The number of hydrogen-bond donors (Lipinski definition) is 1. The van der Waals surface area contributed by atoms with E-state index in [1.165, 1.54) is 24.4 Å². The maximum atomic E-state index is 13.6. The standard InChI is InChI=1S/C30H27Cl2N3O4S/c1-21-6-14-28(15-7-21)40(37,38)35(29-17-26(32)11-8-22(29)2)19-30(36)34-33-18-23-9-12-27(13-10-23)39-20-24-4-3-5-25(31)16-24/h3-18H,19-20H2,1-2H3,(H,34,36)/b33-18-. The maximum absolute atomic E-state index is 13.6. The summed E-state index contributed by atoms with van der Waals surface area (Å²) in [7, 11) is -4.07. The van der Waals surface area contributed by atoms with Crippen molar-refractivity contribution >= 4 is 51.0 Å². The number of anilines is 1. The van der Waals surface area contributed by atoms with Crippen LogP contribution in [0.3, 0.4) is 0 Å². The number of halogens is 2. The fourth-order valence-electron chi connectivity index (χ4n) is 3.78. The van der Waals surface area contributed by atoms with Gasteiger partial charge in [0.05, 0.1) is 16.8 Å². The maximum Gasteiger partial charge on any atom is 0.264 e. The van der Waals surface area contributed by atoms with Crippen molar-refractivity contribution in [3.63, 3.8) is 0 Å². The molecule has 0 unspecified atom stereocenters. The lowest BCUT2D eigenvalue weighted by atomic mass is 10.2. The second kappa shape index (κ2) is 13.0. The van der Waals surface area contributed by atoms with Crippen molar-refractivity contribution in [3.05, 3.63) is 123 Å². The molecule has 206 valence electrons. The van der Waals surface area contributed by atoms with Gasteiger partial charge in [-0.15, -0.1) is 0 Å². The summed E-state index contributed by atoms with van der Waals surface area (Å²) < 4.78 is 34.0. The van der Waals surface area contributed by atoms with Crippen LogP contribution < -0.4 is 14.5 Å². The number of hydrogen-bond acceptors (Lipinski definition) is 5. The number of rotatable bonds is 10. The molecule has 0 heterocycles. The van der Waals surface area contributed by atoms with E-state index < -0.39 is 22.5 Å². The Hall–Kier alpha value is -3.85. The van der Waals surface area contributed by atoms with E-state index >= 15 is 0 Å². The van der Waals surface area contributed by atoms with Gasteiger partial charge in [0, 0.05) is 10.0 Å². The third-order valence-corrected chi connectivity index (χ3v) is 8.16. The number of hydrazone groups is 1. The predicted octanol–water partition coefficient (Wildman–Crippen LogP) is 6.53. The molecule has 0 saturated carbocycles. The second-order valence-corrected chi connectivity index (χ2v) is 11.8. The highest BCUT2D eigenvalue weighted by molar-refractivity contribution is 7.92. The Bertz CT molecular complexity index is 1620. The number of nitrogens with zero attached hydrogens (tertiary/aromatic N) is 2. The minimum absolute atomic E-state index is 0.0615. The van der Waals surface area contributed by atoms with Gasteiger partial charge in [0.25, 0.3) is 15.9 Å². The molecule has 7 nitrogen and oxygen atoms in total. The van der Waals surface area contributed by atoms with Crippen LogP contribution in [0.15, 0.2) is 101 Å². The van der Waals surface area contributed by atoms with Crippen molar-refractivity contribution in [1.29, 1.82) is 0 Å². The number of aryl methyl sites for hydroxylation is 2. The van der Waals surface area contributed by atoms with Crippen LogP contribution in [0.2, 0.25) is 10.0 Å². The smallest absolute Gasteiger partial charge is 0.264 e. The Morgan fingerprint density at radius 1 is 0.925 bits per heavy atom. The molecule has 0 atom stereocenters. The zero-order chi connectivity index (χ0) is 28.7. The molecule has 1 N–H and O–H groups in total. The molecule has 0 spiro atoms. The minimum Gasteiger partial charge on any atom is -0.489 e. The molecule has 0 aromatic heterocycles. The SMILES string of the molecule is Cc1ccc(S(=O)(=O)N(CC(=O)N/N=C\c2ccc(OCc3cccc(Cl)c3)cc2)c2cc(Cl)ccc2C)cc1. The summed E-state index contributed by atoms with van der Waals surface area (Å²) in [5.74, 6) is 0.0443. The number of amides is 1. The number of carbonyl (C=O) groups is 1. The Morgan fingerprint density at radius 3 is 2.33 bits per heavy atom. The number of nitrogens with one attached hydrogen (secondary N) is 1. The molecule has 0 aliphatic heterocycles. The predicted molar refractivity (Wildman–Crippen MR) is 160 cm³/mol. The molecule has 0 radical (unpaired) electrons. The minimum atomic E-state index is -4.07. The van der Waals surface area contributed by atoms with E-state index in [1.807, 2.05) is 25.1 Å². The van der Waals surface area contributed by atoms with Crippen molar-refractivity contribution in [3.8, 4) is 5.75 Å². The monoisotopic (exact) mass is 595 g/mol. The van der Waals surface area contributed by atoms with Gasteiger partial charge in [-0.3, -0.25) is 9.10 Å². The highest BCUT2D eigenvalue weighted by Crippen LogP contribution is 2.29. The first-order chi connectivity index (χ1) is 19.1. The van der Waals surface area contributed by atoms with Crippen LogP contribution in [0, 0.1) is 13.8 Å². The van der Waals surface area contributed by atoms with Crippen LogP contribution in [-0.2, 0) is 21.4 Å². The highest BCUT2D eigenvalue weighted by Gasteiger charge is 2.28. The topological polar surface area (TPSA) is 88.1 Å². The number of sulfonamides is 1. The lowest BCUT2D eigenvalue weighted by Crippen LogP contribution is -2.40. The van der Waals surface area contributed by atoms with Gasteiger partial charge in [-0.05, 0) is 91.2 Å². The van der Waals surface area contributed by atoms with E-state index in [1.54, 1.807) is 61.5 Å². The van der Waals surface area contributed by atoms with Gasteiger partial charge in [-0.2, -0.15) is 5.10 Å². The lowest BCUT2D eigenvalue weighted by molar-refractivity contribution is -0.119. The molecule has 0 saturated heterocycles. The average Bonchev–Trinajstić information content (AvgIpc) is 2.93. The number of carbonyl (C=O) groups excluding carboxylic acids is 1. The zero-order valence-electron chi connectivity index (χ0n) is 21.8. The second-order valence-electron chi connectivity index (χ2n) is 9.04. The van der Waals surface area contributed by atoms with Gasteiger partial charge in [-0.1, -0.05) is 59.1 Å². The van der Waals surface area contributed by atoms with Gasteiger partial charge in [0.2, 0.25) is 0 Å². The summed E-state index contributed by atoms with van der Waals surface area (Å²) >= 11 is 12.2. The van der Waals surface area contributed by atoms with Crippen LogP contribution in [-0.4, -0.2) is 27.1 Å². The van der Waals surface area contributed by atoms with Crippen molar-refractivity contribution in [2.45, 2.75) is 25.3 Å². The Labute approximate surface area is 244 Å². The molecule has 40 heavy (non-hydrogen) atoms. The lowest BCUT2D eigenvalue weighted by Gasteiger charge is -2.25. The highest BCUT2D eigenvalue weighted by atomic mass is 35.5. The quantitative estimate of drug-likeness (QED) is 0.167. The van der Waals surface area contributed by atoms with Gasteiger partial charge in [-0.25, -0.2) is 13.8 Å². The van der Waals surface area contributed by atoms with Gasteiger partial charge in [0.1, 0.15) is 18.9 Å². The van der Waals surface area contributed by atoms with Crippen LogP contribution in [0.4, 0.5) is 5.69 Å². The molecule has 1 amide bonds. The van der Waals surface area contributed by atoms with Gasteiger partial charge < -0.3 is 4.74 Å². The molecule has 4 aromatic rings. The first-order valence-electron chi connectivity index (χ1n) is 12.3. The Morgan fingerprint density at radius 2 is 1.62 bits per heavy atom. The summed E-state index contributed by atoms with van der Waals surface area (Å²) in [5, 5.41) is 5.00. The first kappa shape index (κ1) is 29.1. The summed E-state index contributed by atoms with van der Waals surface area (Å²) in [6.45, 7) is 3.49. The van der Waals surface area contributed by atoms with Gasteiger partial charge in [0.15, 0.2) is 0 Å². The molecule has 0 aliphatic carbocycles. The molecule has 0 fully saturated rings. The fraction of sp³-hybridized carbons (Fsp3) is 0.133. The summed E-state index contributed by atoms with van der Waals surface area (Å²) in [6.07, 6.45) is 1.46. The summed E-state index contributed by atoms with van der Waals surface area (Å²) in [5.41, 5.74) is 5.94. The van der Waals surface area contributed by atoms with Crippen LogP contribution >= 0.6 is 23.2 Å². The molecule has 4 rings (SSSR count). The van der Waals surface area contributed by atoms with Crippen molar-refractivity contribution in [1.82, 2.24) is 5.43 Å². The van der Waals surface area contributed by atoms with Crippen molar-refractivity contribution in [2.75, 3.05) is 10.8 Å². The Kier molecular flexibility index (Phi) is 9.47. The summed E-state index contributed by atoms with van der Waals surface area (Å²) in [4.78, 5) is 12.9. The van der Waals surface area contributed by atoms with Crippen LogP contribution in [0.25, 0.3) is 0 Å². The van der Waals surface area contributed by atoms with E-state index in [9.17, 15) is 13.2 Å². The normalized spacial score (nSPS) is 11.4. The zero-order valence-corrected chi connectivity index (χ0v) is 24.2. The molecular formula is C30H27Cl2N3O4S. The molecule has 0 aliphatic rings. The molecule has 10 heteroatoms. The Balaban J connectivity index is 1.43. The van der Waals surface area contributed by atoms with E-state index in [0.29, 0.717) is 39.2 Å².